The highest BCUT2D eigenvalue weighted by Gasteiger charge is 2.23. The number of nitrogens with one attached hydrogen (secondary N) is 2. The summed E-state index contributed by atoms with van der Waals surface area (Å²) in [5.41, 5.74) is 2.11. The highest BCUT2D eigenvalue weighted by molar-refractivity contribution is 5.93. The van der Waals surface area contributed by atoms with Crippen LogP contribution in [0.3, 0.4) is 0 Å². The van der Waals surface area contributed by atoms with Gasteiger partial charge in [0.25, 0.3) is 5.91 Å². The molecule has 0 radical (unpaired) electrons. The SMILES string of the molecule is Cc1cccc(Nc2ccc(NC(=O)C3CCCO3)nn2)c1. The predicted octanol–water partition coefficient (Wildman–Crippen LogP) is 2.65. The number of nitrogens with zero attached hydrogens (tertiary/aromatic N) is 2. The molecule has 1 aromatic carbocycles. The Morgan fingerprint density at radius 2 is 2.05 bits per heavy atom. The van der Waals surface area contributed by atoms with Crippen LogP contribution in [-0.2, 0) is 9.53 Å². The van der Waals surface area contributed by atoms with Crippen molar-refractivity contribution in [2.45, 2.75) is 25.9 Å². The quantitative estimate of drug-likeness (QED) is 0.907. The zero-order valence-electron chi connectivity index (χ0n) is 12.4. The van der Waals surface area contributed by atoms with Crippen molar-refractivity contribution in [3.63, 3.8) is 0 Å². The Kier molecular flexibility index (Phi) is 4.29. The molecule has 6 nitrogen and oxygen atoms in total. The van der Waals surface area contributed by atoms with Crippen LogP contribution in [0, 0.1) is 6.92 Å². The second-order valence-electron chi connectivity index (χ2n) is 5.29. The molecule has 6 heteroatoms. The molecule has 0 aliphatic carbocycles. The normalized spacial score (nSPS) is 17.2. The third-order valence-corrected chi connectivity index (χ3v) is 3.43. The minimum Gasteiger partial charge on any atom is -0.368 e. The number of amides is 1. The second kappa shape index (κ2) is 6.53. The van der Waals surface area contributed by atoms with Crippen molar-refractivity contribution >= 4 is 23.2 Å². The number of benzene rings is 1. The summed E-state index contributed by atoms with van der Waals surface area (Å²) in [4.78, 5) is 11.9. The molecule has 22 heavy (non-hydrogen) atoms. The number of ether oxygens (including phenoxy) is 1. The highest BCUT2D eigenvalue weighted by atomic mass is 16.5. The largest absolute Gasteiger partial charge is 0.368 e. The molecule has 2 aromatic rings. The molecule has 2 heterocycles. The first-order chi connectivity index (χ1) is 10.7. The summed E-state index contributed by atoms with van der Waals surface area (Å²) in [6.07, 6.45) is 1.31. The van der Waals surface area contributed by atoms with Gasteiger partial charge in [0.1, 0.15) is 6.10 Å². The van der Waals surface area contributed by atoms with Crippen LogP contribution in [0.5, 0.6) is 0 Å². The summed E-state index contributed by atoms with van der Waals surface area (Å²) in [5, 5.41) is 14.0. The van der Waals surface area contributed by atoms with E-state index < -0.39 is 0 Å². The lowest BCUT2D eigenvalue weighted by molar-refractivity contribution is -0.124. The summed E-state index contributed by atoms with van der Waals surface area (Å²) in [6.45, 7) is 2.67. The minimum absolute atomic E-state index is 0.161. The number of carbonyl (C=O) groups is 1. The van der Waals surface area contributed by atoms with E-state index in [1.165, 1.54) is 5.56 Å². The Balaban J connectivity index is 1.61. The van der Waals surface area contributed by atoms with Crippen LogP contribution >= 0.6 is 0 Å². The Labute approximate surface area is 128 Å². The van der Waals surface area contributed by atoms with Gasteiger partial charge in [0, 0.05) is 12.3 Å². The molecule has 1 aliphatic heterocycles. The van der Waals surface area contributed by atoms with E-state index in [1.54, 1.807) is 12.1 Å². The molecule has 1 amide bonds. The van der Waals surface area contributed by atoms with Crippen molar-refractivity contribution in [3.8, 4) is 0 Å². The molecule has 2 N–H and O–H groups in total. The van der Waals surface area contributed by atoms with Crippen molar-refractivity contribution in [1.82, 2.24) is 10.2 Å². The number of aromatic nitrogens is 2. The van der Waals surface area contributed by atoms with Gasteiger partial charge in [0.05, 0.1) is 0 Å². The number of hydrogen-bond donors (Lipinski definition) is 2. The minimum atomic E-state index is -0.369. The van der Waals surface area contributed by atoms with Gasteiger partial charge < -0.3 is 15.4 Å². The lowest BCUT2D eigenvalue weighted by Crippen LogP contribution is -2.27. The summed E-state index contributed by atoms with van der Waals surface area (Å²) >= 11 is 0. The molecule has 1 fully saturated rings. The van der Waals surface area contributed by atoms with Crippen LogP contribution < -0.4 is 10.6 Å². The van der Waals surface area contributed by atoms with Gasteiger partial charge in [-0.15, -0.1) is 10.2 Å². The van der Waals surface area contributed by atoms with Gasteiger partial charge in [-0.25, -0.2) is 0 Å². The zero-order chi connectivity index (χ0) is 15.4. The first kappa shape index (κ1) is 14.5. The number of rotatable bonds is 4. The Hall–Kier alpha value is -2.47. The van der Waals surface area contributed by atoms with Gasteiger partial charge in [-0.05, 0) is 49.6 Å². The standard InChI is InChI=1S/C16H18N4O2/c1-11-4-2-5-12(10-11)17-14-7-8-15(20-19-14)18-16(21)13-6-3-9-22-13/h2,4-5,7-8,10,13H,3,6,9H2,1H3,(H,17,19)(H,18,20,21). The Morgan fingerprint density at radius 1 is 1.23 bits per heavy atom. The molecule has 1 saturated heterocycles. The van der Waals surface area contributed by atoms with Gasteiger partial charge in [0.2, 0.25) is 0 Å². The number of hydrogen-bond acceptors (Lipinski definition) is 5. The molecule has 0 spiro atoms. The third-order valence-electron chi connectivity index (χ3n) is 3.43. The first-order valence-corrected chi connectivity index (χ1v) is 7.30. The van der Waals surface area contributed by atoms with Crippen LogP contribution in [-0.4, -0.2) is 28.8 Å². The number of anilines is 3. The maximum absolute atomic E-state index is 11.9. The van der Waals surface area contributed by atoms with Gasteiger partial charge >= 0.3 is 0 Å². The molecule has 3 rings (SSSR count). The van der Waals surface area contributed by atoms with Crippen molar-refractivity contribution in [2.75, 3.05) is 17.2 Å². The molecule has 1 aliphatic rings. The average molecular weight is 298 g/mol. The predicted molar refractivity (Wildman–Crippen MR) is 84.1 cm³/mol. The van der Waals surface area contributed by atoms with E-state index in [4.69, 9.17) is 4.74 Å². The second-order valence-corrected chi connectivity index (χ2v) is 5.29. The number of aryl methyl sites for hydroxylation is 1. The van der Waals surface area contributed by atoms with E-state index in [0.29, 0.717) is 18.2 Å². The van der Waals surface area contributed by atoms with Crippen LogP contribution in [0.2, 0.25) is 0 Å². The molecule has 0 bridgehead atoms. The van der Waals surface area contributed by atoms with E-state index >= 15 is 0 Å². The topological polar surface area (TPSA) is 76.1 Å². The molecule has 1 aromatic heterocycles. The smallest absolute Gasteiger partial charge is 0.254 e. The average Bonchev–Trinajstić information content (AvgIpc) is 3.04. The van der Waals surface area contributed by atoms with Crippen molar-refractivity contribution in [2.24, 2.45) is 0 Å². The van der Waals surface area contributed by atoms with Gasteiger partial charge in [0.15, 0.2) is 11.6 Å². The van der Waals surface area contributed by atoms with E-state index in [0.717, 1.165) is 18.5 Å². The summed E-state index contributed by atoms with van der Waals surface area (Å²) in [7, 11) is 0. The summed E-state index contributed by atoms with van der Waals surface area (Å²) in [5.74, 6) is 0.891. The Bertz CT molecular complexity index is 651. The first-order valence-electron chi connectivity index (χ1n) is 7.30. The fourth-order valence-corrected chi connectivity index (χ4v) is 2.33. The fraction of sp³-hybridized carbons (Fsp3) is 0.312. The summed E-state index contributed by atoms with van der Waals surface area (Å²) in [6, 6.07) is 11.5. The van der Waals surface area contributed by atoms with E-state index in [9.17, 15) is 4.79 Å². The van der Waals surface area contributed by atoms with E-state index in [2.05, 4.69) is 20.8 Å². The van der Waals surface area contributed by atoms with Crippen molar-refractivity contribution in [3.05, 3.63) is 42.0 Å². The number of carbonyl (C=O) groups excluding carboxylic acids is 1. The Morgan fingerprint density at radius 3 is 2.73 bits per heavy atom. The highest BCUT2D eigenvalue weighted by Crippen LogP contribution is 2.17. The molecule has 0 saturated carbocycles. The van der Waals surface area contributed by atoms with Crippen LogP contribution in [0.4, 0.5) is 17.3 Å². The fourth-order valence-electron chi connectivity index (χ4n) is 2.33. The molecular weight excluding hydrogens is 280 g/mol. The lowest BCUT2D eigenvalue weighted by Gasteiger charge is -2.10. The monoisotopic (exact) mass is 298 g/mol. The zero-order valence-corrected chi connectivity index (χ0v) is 12.4. The van der Waals surface area contributed by atoms with Crippen LogP contribution in [0.15, 0.2) is 36.4 Å². The molecule has 1 atom stereocenters. The van der Waals surface area contributed by atoms with Crippen molar-refractivity contribution < 1.29 is 9.53 Å². The molecule has 114 valence electrons. The summed E-state index contributed by atoms with van der Waals surface area (Å²) < 4.78 is 5.33. The van der Waals surface area contributed by atoms with Gasteiger partial charge in [-0.3, -0.25) is 4.79 Å². The lowest BCUT2D eigenvalue weighted by atomic mass is 10.2. The van der Waals surface area contributed by atoms with Gasteiger partial charge in [-0.1, -0.05) is 12.1 Å². The van der Waals surface area contributed by atoms with Crippen LogP contribution in [0.25, 0.3) is 0 Å². The van der Waals surface area contributed by atoms with Crippen LogP contribution in [0.1, 0.15) is 18.4 Å². The third kappa shape index (κ3) is 3.59. The van der Waals surface area contributed by atoms with Gasteiger partial charge in [-0.2, -0.15) is 0 Å². The molecule has 1 unspecified atom stereocenters. The maximum atomic E-state index is 11.9. The van der Waals surface area contributed by atoms with Crippen molar-refractivity contribution in [1.29, 1.82) is 0 Å². The maximum Gasteiger partial charge on any atom is 0.254 e. The van der Waals surface area contributed by atoms with E-state index in [-0.39, 0.29) is 12.0 Å². The van der Waals surface area contributed by atoms with E-state index in [1.807, 2.05) is 31.2 Å². The molecular formula is C16H18N4O2.